The number of amides is 2. The summed E-state index contributed by atoms with van der Waals surface area (Å²) in [5.41, 5.74) is 2.49. The van der Waals surface area contributed by atoms with Crippen LogP contribution in [0.1, 0.15) is 23.6 Å². The lowest BCUT2D eigenvalue weighted by Gasteiger charge is -2.29. The van der Waals surface area contributed by atoms with Crippen molar-refractivity contribution < 1.29 is 23.5 Å². The Morgan fingerprint density at radius 3 is 2.17 bits per heavy atom. The molecule has 0 radical (unpaired) electrons. The van der Waals surface area contributed by atoms with Crippen LogP contribution in [0.5, 0.6) is 11.5 Å². The second-order valence-electron chi connectivity index (χ2n) is 8.36. The van der Waals surface area contributed by atoms with Crippen LogP contribution in [0.2, 0.25) is 5.02 Å². The second-order valence-corrected chi connectivity index (χ2v) is 8.79. The summed E-state index contributed by atoms with van der Waals surface area (Å²) in [6.07, 6.45) is 0.692. The normalized spacial score (nSPS) is 11.5. The first-order chi connectivity index (χ1) is 17.3. The molecule has 3 aromatic rings. The number of rotatable bonds is 11. The third kappa shape index (κ3) is 7.46. The summed E-state index contributed by atoms with van der Waals surface area (Å²) in [5, 5.41) is 3.50. The lowest BCUT2D eigenvalue weighted by Crippen LogP contribution is -2.48. The van der Waals surface area contributed by atoms with Crippen molar-refractivity contribution >= 4 is 23.4 Å². The first-order valence-corrected chi connectivity index (χ1v) is 12.0. The standard InChI is InChI=1S/C28H30ClFN2O4/c1-19(28(34)31-15-14-21-8-13-25(35-2)26(16-21)36-3)32(18-22-6-11-24(30)12-7-22)27(33)17-20-4-9-23(29)10-5-20/h4-13,16,19H,14-15,17-18H2,1-3H3,(H,31,34)/t19-/m1/s1. The zero-order chi connectivity index (χ0) is 26.1. The van der Waals surface area contributed by atoms with Gasteiger partial charge in [-0.1, -0.05) is 41.9 Å². The minimum Gasteiger partial charge on any atom is -0.493 e. The predicted molar refractivity (Wildman–Crippen MR) is 138 cm³/mol. The number of methoxy groups -OCH3 is 2. The number of benzene rings is 3. The van der Waals surface area contributed by atoms with Crippen molar-refractivity contribution in [2.75, 3.05) is 20.8 Å². The molecule has 1 N–H and O–H groups in total. The van der Waals surface area contributed by atoms with Crippen molar-refractivity contribution in [1.29, 1.82) is 0 Å². The Bertz CT molecular complexity index is 1170. The van der Waals surface area contributed by atoms with E-state index in [1.165, 1.54) is 17.0 Å². The zero-order valence-corrected chi connectivity index (χ0v) is 21.3. The number of halogens is 2. The summed E-state index contributed by atoms with van der Waals surface area (Å²) >= 11 is 5.96. The lowest BCUT2D eigenvalue weighted by molar-refractivity contribution is -0.140. The lowest BCUT2D eigenvalue weighted by atomic mass is 10.1. The minimum absolute atomic E-state index is 0.113. The maximum atomic E-state index is 13.4. The molecule has 0 spiro atoms. The molecule has 8 heteroatoms. The van der Waals surface area contributed by atoms with Crippen molar-refractivity contribution in [3.05, 3.63) is 94.3 Å². The number of hydrogen-bond acceptors (Lipinski definition) is 4. The number of ether oxygens (including phenoxy) is 2. The highest BCUT2D eigenvalue weighted by molar-refractivity contribution is 6.30. The van der Waals surface area contributed by atoms with Crippen LogP contribution in [0, 0.1) is 5.82 Å². The van der Waals surface area contributed by atoms with Crippen molar-refractivity contribution in [2.45, 2.75) is 32.4 Å². The Kier molecular flexibility index (Phi) is 9.70. The van der Waals surface area contributed by atoms with Crippen LogP contribution in [-0.2, 0) is 29.0 Å². The van der Waals surface area contributed by atoms with E-state index >= 15 is 0 Å². The molecule has 1 atom stereocenters. The van der Waals surface area contributed by atoms with E-state index in [4.69, 9.17) is 21.1 Å². The third-order valence-electron chi connectivity index (χ3n) is 5.86. The van der Waals surface area contributed by atoms with Gasteiger partial charge in [0.05, 0.1) is 20.6 Å². The number of hydrogen-bond donors (Lipinski definition) is 1. The first kappa shape index (κ1) is 27.0. The van der Waals surface area contributed by atoms with Crippen LogP contribution in [0.3, 0.4) is 0 Å². The summed E-state index contributed by atoms with van der Waals surface area (Å²) < 4.78 is 24.0. The van der Waals surface area contributed by atoms with E-state index in [9.17, 15) is 14.0 Å². The quantitative estimate of drug-likeness (QED) is 0.400. The van der Waals surface area contributed by atoms with E-state index in [1.54, 1.807) is 57.5 Å². The Balaban J connectivity index is 1.68. The molecule has 0 aromatic heterocycles. The van der Waals surface area contributed by atoms with Crippen molar-refractivity contribution in [2.24, 2.45) is 0 Å². The van der Waals surface area contributed by atoms with Crippen LogP contribution in [-0.4, -0.2) is 43.5 Å². The van der Waals surface area contributed by atoms with E-state index in [0.29, 0.717) is 29.5 Å². The molecule has 3 rings (SSSR count). The molecule has 0 fully saturated rings. The highest BCUT2D eigenvalue weighted by Gasteiger charge is 2.26. The SMILES string of the molecule is COc1ccc(CCNC(=O)[C@@H](C)N(Cc2ccc(F)cc2)C(=O)Cc2ccc(Cl)cc2)cc1OC. The average Bonchev–Trinajstić information content (AvgIpc) is 2.89. The topological polar surface area (TPSA) is 67.9 Å². The molecule has 0 aliphatic heterocycles. The summed E-state index contributed by atoms with van der Waals surface area (Å²) in [5.74, 6) is 0.396. The fourth-order valence-electron chi connectivity index (χ4n) is 3.76. The van der Waals surface area contributed by atoms with Gasteiger partial charge in [-0.3, -0.25) is 9.59 Å². The van der Waals surface area contributed by atoms with E-state index in [0.717, 1.165) is 16.7 Å². The fraction of sp³-hybridized carbons (Fsp3) is 0.286. The van der Waals surface area contributed by atoms with Gasteiger partial charge in [-0.15, -0.1) is 0 Å². The maximum absolute atomic E-state index is 13.4. The van der Waals surface area contributed by atoms with Gasteiger partial charge in [-0.05, 0) is 66.4 Å². The highest BCUT2D eigenvalue weighted by Crippen LogP contribution is 2.27. The maximum Gasteiger partial charge on any atom is 0.242 e. The van der Waals surface area contributed by atoms with Gasteiger partial charge in [0, 0.05) is 18.1 Å². The van der Waals surface area contributed by atoms with Crippen LogP contribution >= 0.6 is 11.6 Å². The molecule has 3 aromatic carbocycles. The summed E-state index contributed by atoms with van der Waals surface area (Å²) in [4.78, 5) is 27.8. The third-order valence-corrected chi connectivity index (χ3v) is 6.11. The summed E-state index contributed by atoms with van der Waals surface area (Å²) in [7, 11) is 3.15. The number of nitrogens with one attached hydrogen (secondary N) is 1. The minimum atomic E-state index is -0.736. The van der Waals surface area contributed by atoms with E-state index < -0.39 is 6.04 Å². The molecule has 0 saturated heterocycles. The van der Waals surface area contributed by atoms with Gasteiger partial charge in [0.2, 0.25) is 11.8 Å². The molecule has 190 valence electrons. The van der Waals surface area contributed by atoms with Crippen LogP contribution in [0.25, 0.3) is 0 Å². The first-order valence-electron chi connectivity index (χ1n) is 11.6. The molecule has 36 heavy (non-hydrogen) atoms. The van der Waals surface area contributed by atoms with Gasteiger partial charge >= 0.3 is 0 Å². The average molecular weight is 513 g/mol. The second kappa shape index (κ2) is 12.9. The van der Waals surface area contributed by atoms with Crippen molar-refractivity contribution in [3.63, 3.8) is 0 Å². The summed E-state index contributed by atoms with van der Waals surface area (Å²) in [6, 6.07) is 17.8. The number of carbonyl (C=O) groups is 2. The van der Waals surface area contributed by atoms with Crippen LogP contribution in [0.4, 0.5) is 4.39 Å². The molecule has 2 amide bonds. The largest absolute Gasteiger partial charge is 0.493 e. The molecule has 0 saturated carbocycles. The van der Waals surface area contributed by atoms with Gasteiger partial charge in [-0.2, -0.15) is 0 Å². The molecule has 0 aliphatic carbocycles. The van der Waals surface area contributed by atoms with E-state index in [1.807, 2.05) is 18.2 Å². The van der Waals surface area contributed by atoms with E-state index in [-0.39, 0.29) is 30.6 Å². The monoisotopic (exact) mass is 512 g/mol. The number of carbonyl (C=O) groups excluding carboxylic acids is 2. The Hall–Kier alpha value is -3.58. The van der Waals surface area contributed by atoms with Gasteiger partial charge in [0.25, 0.3) is 0 Å². The molecule has 0 bridgehead atoms. The fourth-order valence-corrected chi connectivity index (χ4v) is 3.89. The van der Waals surface area contributed by atoms with Gasteiger partial charge in [0.15, 0.2) is 11.5 Å². The molecular weight excluding hydrogens is 483 g/mol. The zero-order valence-electron chi connectivity index (χ0n) is 20.6. The Morgan fingerprint density at radius 1 is 0.917 bits per heavy atom. The molecule has 0 heterocycles. The highest BCUT2D eigenvalue weighted by atomic mass is 35.5. The van der Waals surface area contributed by atoms with Gasteiger partial charge in [-0.25, -0.2) is 4.39 Å². The van der Waals surface area contributed by atoms with Gasteiger partial charge in [0.1, 0.15) is 11.9 Å². The predicted octanol–water partition coefficient (Wildman–Crippen LogP) is 4.82. The molecular formula is C28H30ClFN2O4. The van der Waals surface area contributed by atoms with Crippen LogP contribution in [0.15, 0.2) is 66.7 Å². The van der Waals surface area contributed by atoms with Crippen molar-refractivity contribution in [1.82, 2.24) is 10.2 Å². The van der Waals surface area contributed by atoms with Gasteiger partial charge < -0.3 is 19.7 Å². The smallest absolute Gasteiger partial charge is 0.242 e. The number of nitrogens with zero attached hydrogens (tertiary/aromatic N) is 1. The van der Waals surface area contributed by atoms with Crippen molar-refractivity contribution in [3.8, 4) is 11.5 Å². The Morgan fingerprint density at radius 2 is 1.53 bits per heavy atom. The molecule has 0 aliphatic rings. The Labute approximate surface area is 216 Å². The van der Waals surface area contributed by atoms with Crippen LogP contribution < -0.4 is 14.8 Å². The van der Waals surface area contributed by atoms with E-state index in [2.05, 4.69) is 5.32 Å². The molecule has 0 unspecified atom stereocenters. The summed E-state index contributed by atoms with van der Waals surface area (Å²) in [6.45, 7) is 2.25. The molecule has 6 nitrogen and oxygen atoms in total.